The zero-order chi connectivity index (χ0) is 25.3. The number of halogens is 2. The number of hydrogen-bond donors (Lipinski definition) is 4. The van der Waals surface area contributed by atoms with Crippen LogP contribution in [0.5, 0.6) is 5.75 Å². The Bertz CT molecular complexity index is 1200. The van der Waals surface area contributed by atoms with Gasteiger partial charge in [0.2, 0.25) is 0 Å². The second-order valence-electron chi connectivity index (χ2n) is 7.90. The number of ether oxygens (including phenoxy) is 1. The number of nitrogens with one attached hydrogen (secondary N) is 2. The van der Waals surface area contributed by atoms with Crippen molar-refractivity contribution in [2.24, 2.45) is 0 Å². The van der Waals surface area contributed by atoms with Crippen molar-refractivity contribution < 1.29 is 33.4 Å². The fourth-order valence-corrected chi connectivity index (χ4v) is 5.59. The number of benzene rings is 1. The number of aliphatic hydroxyl groups is 1. The van der Waals surface area contributed by atoms with Gasteiger partial charge in [-0.1, -0.05) is 45.7 Å². The standard InChI is InChI=1S/C19H22BrClN3O9P/c1-18(2,16(27)28)23-34(30,33-11-6-4-3-5-7-11)31-10-12-14(26)19(20,21)15(32-12)24-9-8-13(25)22-17(24)29/h3-9,12,14-15,26H,10H2,1-2H3,(H,23,30)(H,27,28)(H,22,25,29)/t12-,14-,15-,19+,34?/m1/s1. The molecule has 1 aliphatic heterocycles. The molecule has 0 amide bonds. The summed E-state index contributed by atoms with van der Waals surface area (Å²) in [7, 11) is -4.34. The number of aliphatic carboxylic acids is 1. The molecular formula is C19H22BrClN3O9P. The average molecular weight is 583 g/mol. The second-order valence-corrected chi connectivity index (χ2v) is 12.0. The molecule has 0 aliphatic carbocycles. The molecule has 0 spiro atoms. The minimum absolute atomic E-state index is 0.136. The third-order valence-electron chi connectivity index (χ3n) is 4.81. The van der Waals surface area contributed by atoms with Gasteiger partial charge in [-0.15, -0.1) is 0 Å². The molecule has 0 bridgehead atoms. The highest BCUT2D eigenvalue weighted by Gasteiger charge is 2.56. The van der Waals surface area contributed by atoms with Crippen LogP contribution in [-0.4, -0.2) is 53.9 Å². The summed E-state index contributed by atoms with van der Waals surface area (Å²) in [6.45, 7) is 1.96. The van der Waals surface area contributed by atoms with Gasteiger partial charge in [-0.25, -0.2) is 9.36 Å². The highest BCUT2D eigenvalue weighted by atomic mass is 79.9. The lowest BCUT2D eigenvalue weighted by molar-refractivity contribution is -0.142. The summed E-state index contributed by atoms with van der Waals surface area (Å²) in [6, 6.07) is 8.99. The summed E-state index contributed by atoms with van der Waals surface area (Å²) in [5, 5.41) is 22.5. The lowest BCUT2D eigenvalue weighted by Gasteiger charge is -2.28. The van der Waals surface area contributed by atoms with Crippen LogP contribution < -0.4 is 20.9 Å². The van der Waals surface area contributed by atoms with E-state index in [1.807, 2.05) is 0 Å². The summed E-state index contributed by atoms with van der Waals surface area (Å²) in [6.07, 6.45) is -2.88. The predicted molar refractivity (Wildman–Crippen MR) is 124 cm³/mol. The number of aliphatic hydroxyl groups excluding tert-OH is 1. The fraction of sp³-hybridized carbons (Fsp3) is 0.421. The minimum atomic E-state index is -4.34. The summed E-state index contributed by atoms with van der Waals surface area (Å²) in [4.78, 5) is 37.1. The Labute approximate surface area is 206 Å². The molecule has 3 rings (SSSR count). The first-order valence-corrected chi connectivity index (χ1v) is 12.5. The largest absolute Gasteiger partial charge is 0.480 e. The quantitative estimate of drug-likeness (QED) is 0.253. The van der Waals surface area contributed by atoms with Crippen LogP contribution in [0.15, 0.2) is 52.2 Å². The van der Waals surface area contributed by atoms with E-state index < -0.39 is 59.3 Å². The highest BCUT2D eigenvalue weighted by Crippen LogP contribution is 2.50. The third kappa shape index (κ3) is 5.80. The van der Waals surface area contributed by atoms with Gasteiger partial charge < -0.3 is 19.5 Å². The van der Waals surface area contributed by atoms with Crippen LogP contribution in [0.25, 0.3) is 0 Å². The number of alkyl halides is 2. The number of carbonyl (C=O) groups is 1. The van der Waals surface area contributed by atoms with Crippen LogP contribution in [0.1, 0.15) is 20.1 Å². The lowest BCUT2D eigenvalue weighted by Crippen LogP contribution is -2.46. The van der Waals surface area contributed by atoms with Gasteiger partial charge in [0.15, 0.2) is 10.0 Å². The van der Waals surface area contributed by atoms with Crippen LogP contribution in [-0.2, 0) is 18.6 Å². The van der Waals surface area contributed by atoms with Crippen molar-refractivity contribution in [3.63, 3.8) is 0 Å². The number of H-pyrrole nitrogens is 1. The SMILES string of the molecule is CC(C)(NP(=O)(OC[C@H]1O[C@@H](n2ccc(=O)[nH]c2=O)[C@](Cl)(Br)[C@@H]1O)Oc1ccccc1)C(=O)O. The van der Waals surface area contributed by atoms with Gasteiger partial charge in [-0.3, -0.25) is 23.7 Å². The predicted octanol–water partition coefficient (Wildman–Crippen LogP) is 1.78. The number of hydrogen-bond acceptors (Lipinski definition) is 8. The third-order valence-corrected chi connectivity index (χ3v) is 7.86. The van der Waals surface area contributed by atoms with E-state index in [-0.39, 0.29) is 5.75 Å². The Hall–Kier alpha value is -1.99. The summed E-state index contributed by atoms with van der Waals surface area (Å²) >= 11 is 9.53. The maximum atomic E-state index is 13.5. The number of carboxylic acids is 1. The van der Waals surface area contributed by atoms with Gasteiger partial charge in [0, 0.05) is 12.3 Å². The van der Waals surface area contributed by atoms with E-state index in [1.54, 1.807) is 18.2 Å². The molecule has 34 heavy (non-hydrogen) atoms. The van der Waals surface area contributed by atoms with Gasteiger partial charge in [-0.05, 0) is 26.0 Å². The molecule has 186 valence electrons. The maximum absolute atomic E-state index is 13.5. The first-order chi connectivity index (χ1) is 15.7. The summed E-state index contributed by atoms with van der Waals surface area (Å²) in [5.41, 5.74) is -3.18. The first-order valence-electron chi connectivity index (χ1n) is 9.80. The number of para-hydroxylation sites is 1. The summed E-state index contributed by atoms with van der Waals surface area (Å²) in [5.74, 6) is -1.18. The van der Waals surface area contributed by atoms with Gasteiger partial charge in [-0.2, -0.15) is 5.09 Å². The molecule has 1 aromatic heterocycles. The zero-order valence-electron chi connectivity index (χ0n) is 17.9. The van der Waals surface area contributed by atoms with Gasteiger partial charge in [0.05, 0.1) is 6.61 Å². The molecule has 1 fully saturated rings. The number of nitrogens with zero attached hydrogens (tertiary/aromatic N) is 1. The Morgan fingerprint density at radius 2 is 2.00 bits per heavy atom. The number of rotatable bonds is 9. The Morgan fingerprint density at radius 3 is 2.59 bits per heavy atom. The Kier molecular flexibility index (Phi) is 7.78. The van der Waals surface area contributed by atoms with Crippen LogP contribution in [0.2, 0.25) is 0 Å². The average Bonchev–Trinajstić information content (AvgIpc) is 2.96. The minimum Gasteiger partial charge on any atom is -0.480 e. The van der Waals surface area contributed by atoms with Crippen molar-refractivity contribution in [3.05, 3.63) is 63.4 Å². The summed E-state index contributed by atoms with van der Waals surface area (Å²) < 4.78 is 29.3. The Balaban J connectivity index is 1.83. The van der Waals surface area contributed by atoms with Crippen LogP contribution in [0.4, 0.5) is 0 Å². The molecule has 1 aliphatic rings. The van der Waals surface area contributed by atoms with Crippen molar-refractivity contribution >= 4 is 41.2 Å². The second kappa shape index (κ2) is 9.94. The lowest BCUT2D eigenvalue weighted by atomic mass is 10.1. The smallest absolute Gasteiger partial charge is 0.459 e. The molecule has 0 saturated carbocycles. The van der Waals surface area contributed by atoms with E-state index in [1.165, 1.54) is 26.0 Å². The molecule has 12 nitrogen and oxygen atoms in total. The maximum Gasteiger partial charge on any atom is 0.459 e. The van der Waals surface area contributed by atoms with E-state index in [2.05, 4.69) is 26.0 Å². The van der Waals surface area contributed by atoms with Gasteiger partial charge in [0.25, 0.3) is 5.56 Å². The first kappa shape index (κ1) is 26.6. The molecule has 4 N–H and O–H groups in total. The molecule has 2 heterocycles. The zero-order valence-corrected chi connectivity index (χ0v) is 21.1. The van der Waals surface area contributed by atoms with E-state index in [9.17, 15) is 29.2 Å². The monoisotopic (exact) mass is 581 g/mol. The van der Waals surface area contributed by atoms with Crippen LogP contribution >= 0.6 is 35.3 Å². The van der Waals surface area contributed by atoms with Crippen molar-refractivity contribution in [2.75, 3.05) is 6.61 Å². The number of aromatic amines is 1. The topological polar surface area (TPSA) is 169 Å². The van der Waals surface area contributed by atoms with Crippen molar-refractivity contribution in [1.29, 1.82) is 0 Å². The van der Waals surface area contributed by atoms with Crippen LogP contribution in [0, 0.1) is 0 Å². The molecular weight excluding hydrogens is 561 g/mol. The van der Waals surface area contributed by atoms with E-state index in [0.717, 1.165) is 16.8 Å². The van der Waals surface area contributed by atoms with E-state index in [4.69, 9.17) is 25.4 Å². The molecule has 1 unspecified atom stereocenters. The van der Waals surface area contributed by atoms with Crippen molar-refractivity contribution in [1.82, 2.24) is 14.6 Å². The number of aromatic nitrogens is 2. The number of carboxylic acid groups (broad SMARTS) is 1. The van der Waals surface area contributed by atoms with Gasteiger partial charge in [0.1, 0.15) is 23.5 Å². The van der Waals surface area contributed by atoms with Crippen LogP contribution in [0.3, 0.4) is 0 Å². The fourth-order valence-electron chi connectivity index (χ4n) is 2.98. The van der Waals surface area contributed by atoms with E-state index in [0.29, 0.717) is 0 Å². The normalized spacial score (nSPS) is 26.7. The van der Waals surface area contributed by atoms with Crippen molar-refractivity contribution in [2.45, 2.75) is 41.6 Å². The molecule has 15 heteroatoms. The molecule has 2 aromatic rings. The molecule has 1 saturated heterocycles. The van der Waals surface area contributed by atoms with E-state index >= 15 is 0 Å². The molecule has 1 aromatic carbocycles. The van der Waals surface area contributed by atoms with Gasteiger partial charge >= 0.3 is 19.4 Å². The molecule has 0 radical (unpaired) electrons. The Morgan fingerprint density at radius 1 is 1.35 bits per heavy atom. The molecule has 5 atom stereocenters. The highest BCUT2D eigenvalue weighted by molar-refractivity contribution is 9.10. The van der Waals surface area contributed by atoms with Crippen molar-refractivity contribution in [3.8, 4) is 5.75 Å².